The highest BCUT2D eigenvalue weighted by atomic mass is 16.5. The van der Waals surface area contributed by atoms with Crippen LogP contribution in [-0.2, 0) is 15.1 Å². The molecule has 0 fully saturated rings. The molecule has 2 heteroatoms. The first-order valence-electron chi connectivity index (χ1n) is 5.61. The highest BCUT2D eigenvalue weighted by molar-refractivity contribution is 5.91. The Morgan fingerprint density at radius 3 is 2.56 bits per heavy atom. The molecule has 1 atom stereocenters. The molecule has 0 aromatic heterocycles. The van der Waals surface area contributed by atoms with Gasteiger partial charge in [-0.3, -0.25) is 4.79 Å². The number of aryl methyl sites for hydroxylation is 1. The third-order valence-electron chi connectivity index (χ3n) is 3.16. The fraction of sp³-hybridized carbons (Fsp3) is 0.357. The quantitative estimate of drug-likeness (QED) is 0.759. The van der Waals surface area contributed by atoms with Crippen molar-refractivity contribution in [1.82, 2.24) is 0 Å². The standard InChI is InChI=1S/C14H16O2/c1-3-14(10-13(15)8-9-16-14)12-6-4-11(2)5-7-12/h4-9H,3,10H2,1-2H3. The van der Waals surface area contributed by atoms with Crippen molar-refractivity contribution in [3.05, 3.63) is 47.7 Å². The predicted octanol–water partition coefficient (Wildman–Crippen LogP) is 3.10. The number of allylic oxidation sites excluding steroid dienone is 1. The summed E-state index contributed by atoms with van der Waals surface area (Å²) in [6.07, 6.45) is 4.26. The smallest absolute Gasteiger partial charge is 0.163 e. The molecule has 1 unspecified atom stereocenters. The average molecular weight is 216 g/mol. The summed E-state index contributed by atoms with van der Waals surface area (Å²) in [5.74, 6) is 0.133. The van der Waals surface area contributed by atoms with Gasteiger partial charge in [0.05, 0.1) is 12.7 Å². The van der Waals surface area contributed by atoms with Crippen molar-refractivity contribution < 1.29 is 9.53 Å². The number of ether oxygens (including phenoxy) is 1. The molecule has 1 aliphatic heterocycles. The van der Waals surface area contributed by atoms with Crippen LogP contribution in [0.2, 0.25) is 0 Å². The van der Waals surface area contributed by atoms with Gasteiger partial charge in [0, 0.05) is 6.08 Å². The lowest BCUT2D eigenvalue weighted by Gasteiger charge is -2.34. The van der Waals surface area contributed by atoms with E-state index in [1.807, 2.05) is 19.1 Å². The van der Waals surface area contributed by atoms with Crippen molar-refractivity contribution in [1.29, 1.82) is 0 Å². The van der Waals surface area contributed by atoms with E-state index in [0.29, 0.717) is 6.42 Å². The number of ketones is 1. The van der Waals surface area contributed by atoms with Crippen LogP contribution in [0.3, 0.4) is 0 Å². The van der Waals surface area contributed by atoms with E-state index in [1.165, 1.54) is 17.9 Å². The topological polar surface area (TPSA) is 26.3 Å². The fourth-order valence-corrected chi connectivity index (χ4v) is 2.06. The summed E-state index contributed by atoms with van der Waals surface area (Å²) in [5, 5.41) is 0. The number of benzene rings is 1. The van der Waals surface area contributed by atoms with Crippen LogP contribution in [0.4, 0.5) is 0 Å². The molecule has 1 aromatic carbocycles. The van der Waals surface area contributed by atoms with Gasteiger partial charge in [-0.15, -0.1) is 0 Å². The Hall–Kier alpha value is -1.57. The fourth-order valence-electron chi connectivity index (χ4n) is 2.06. The van der Waals surface area contributed by atoms with Gasteiger partial charge in [0.1, 0.15) is 5.60 Å². The van der Waals surface area contributed by atoms with Crippen LogP contribution >= 0.6 is 0 Å². The second kappa shape index (κ2) is 4.12. The van der Waals surface area contributed by atoms with Crippen molar-refractivity contribution >= 4 is 5.78 Å². The summed E-state index contributed by atoms with van der Waals surface area (Å²) >= 11 is 0. The SMILES string of the molecule is CCC1(c2ccc(C)cc2)CC(=O)C=CO1. The van der Waals surface area contributed by atoms with Crippen molar-refractivity contribution in [3.63, 3.8) is 0 Å². The molecule has 0 amide bonds. The Balaban J connectivity index is 2.38. The molecule has 0 saturated carbocycles. The molecule has 2 rings (SSSR count). The molecule has 0 saturated heterocycles. The Morgan fingerprint density at radius 2 is 2.00 bits per heavy atom. The van der Waals surface area contributed by atoms with E-state index in [1.54, 1.807) is 0 Å². The third-order valence-corrected chi connectivity index (χ3v) is 3.16. The maximum Gasteiger partial charge on any atom is 0.163 e. The van der Waals surface area contributed by atoms with E-state index >= 15 is 0 Å². The van der Waals surface area contributed by atoms with Crippen LogP contribution in [0.1, 0.15) is 30.9 Å². The Bertz CT molecular complexity index is 417. The molecule has 0 aliphatic carbocycles. The van der Waals surface area contributed by atoms with E-state index in [9.17, 15) is 4.79 Å². The Kier molecular flexibility index (Phi) is 2.82. The molecule has 84 valence electrons. The molecule has 0 N–H and O–H groups in total. The van der Waals surface area contributed by atoms with E-state index in [4.69, 9.17) is 4.74 Å². The second-order valence-electron chi connectivity index (χ2n) is 4.28. The van der Waals surface area contributed by atoms with Crippen LogP contribution in [-0.4, -0.2) is 5.78 Å². The van der Waals surface area contributed by atoms with Gasteiger partial charge in [-0.2, -0.15) is 0 Å². The molecule has 0 bridgehead atoms. The Morgan fingerprint density at radius 1 is 1.31 bits per heavy atom. The summed E-state index contributed by atoms with van der Waals surface area (Å²) in [5.41, 5.74) is 1.84. The highest BCUT2D eigenvalue weighted by Gasteiger charge is 2.35. The van der Waals surface area contributed by atoms with Gasteiger partial charge < -0.3 is 4.74 Å². The number of carbonyl (C=O) groups is 1. The first kappa shape index (κ1) is 10.9. The maximum atomic E-state index is 11.5. The zero-order valence-electron chi connectivity index (χ0n) is 9.69. The minimum absolute atomic E-state index is 0.133. The third kappa shape index (κ3) is 1.87. The molecule has 1 heterocycles. The predicted molar refractivity (Wildman–Crippen MR) is 63.0 cm³/mol. The molecule has 0 spiro atoms. The molecular formula is C14H16O2. The van der Waals surface area contributed by atoms with E-state index in [-0.39, 0.29) is 5.78 Å². The lowest BCUT2D eigenvalue weighted by Crippen LogP contribution is -2.32. The summed E-state index contributed by atoms with van der Waals surface area (Å²) in [4.78, 5) is 11.5. The van der Waals surface area contributed by atoms with Crippen LogP contribution in [0.5, 0.6) is 0 Å². The minimum atomic E-state index is -0.459. The summed E-state index contributed by atoms with van der Waals surface area (Å²) < 4.78 is 5.71. The maximum absolute atomic E-state index is 11.5. The van der Waals surface area contributed by atoms with Crippen LogP contribution in [0.25, 0.3) is 0 Å². The molecule has 1 aliphatic rings. The van der Waals surface area contributed by atoms with Crippen LogP contribution in [0.15, 0.2) is 36.6 Å². The first-order valence-corrected chi connectivity index (χ1v) is 5.61. The lowest BCUT2D eigenvalue weighted by molar-refractivity contribution is -0.123. The van der Waals surface area contributed by atoms with E-state index < -0.39 is 5.60 Å². The summed E-state index contributed by atoms with van der Waals surface area (Å²) in [6, 6.07) is 8.20. The number of hydrogen-bond acceptors (Lipinski definition) is 2. The molecule has 0 radical (unpaired) electrons. The summed E-state index contributed by atoms with van der Waals surface area (Å²) in [6.45, 7) is 4.10. The average Bonchev–Trinajstić information content (AvgIpc) is 2.29. The van der Waals surface area contributed by atoms with Crippen molar-refractivity contribution in [3.8, 4) is 0 Å². The van der Waals surface area contributed by atoms with E-state index in [2.05, 4.69) is 19.1 Å². The van der Waals surface area contributed by atoms with Gasteiger partial charge >= 0.3 is 0 Å². The monoisotopic (exact) mass is 216 g/mol. The van der Waals surface area contributed by atoms with E-state index in [0.717, 1.165) is 12.0 Å². The second-order valence-corrected chi connectivity index (χ2v) is 4.28. The zero-order valence-corrected chi connectivity index (χ0v) is 9.69. The van der Waals surface area contributed by atoms with Gasteiger partial charge in [-0.1, -0.05) is 36.8 Å². The van der Waals surface area contributed by atoms with Crippen molar-refractivity contribution in [2.24, 2.45) is 0 Å². The first-order chi connectivity index (χ1) is 7.66. The molecule has 2 nitrogen and oxygen atoms in total. The van der Waals surface area contributed by atoms with Crippen molar-refractivity contribution in [2.75, 3.05) is 0 Å². The largest absolute Gasteiger partial charge is 0.490 e. The number of rotatable bonds is 2. The minimum Gasteiger partial charge on any atom is -0.490 e. The normalized spacial score (nSPS) is 24.2. The molecule has 1 aromatic rings. The highest BCUT2D eigenvalue weighted by Crippen LogP contribution is 2.36. The Labute approximate surface area is 95.9 Å². The van der Waals surface area contributed by atoms with Gasteiger partial charge in [0.15, 0.2) is 5.78 Å². The van der Waals surface area contributed by atoms with Gasteiger partial charge in [0.25, 0.3) is 0 Å². The number of carbonyl (C=O) groups excluding carboxylic acids is 1. The van der Waals surface area contributed by atoms with Gasteiger partial charge in [-0.25, -0.2) is 0 Å². The number of hydrogen-bond donors (Lipinski definition) is 0. The van der Waals surface area contributed by atoms with Gasteiger partial charge in [0.2, 0.25) is 0 Å². The zero-order chi connectivity index (χ0) is 11.6. The molecular weight excluding hydrogens is 200 g/mol. The lowest BCUT2D eigenvalue weighted by atomic mass is 9.84. The summed E-state index contributed by atoms with van der Waals surface area (Å²) in [7, 11) is 0. The van der Waals surface area contributed by atoms with Crippen molar-refractivity contribution in [2.45, 2.75) is 32.3 Å². The van der Waals surface area contributed by atoms with Crippen LogP contribution in [0, 0.1) is 6.92 Å². The van der Waals surface area contributed by atoms with Crippen LogP contribution < -0.4 is 0 Å². The van der Waals surface area contributed by atoms with Gasteiger partial charge in [-0.05, 0) is 18.9 Å². The molecule has 16 heavy (non-hydrogen) atoms.